The number of amides is 1. The molecule has 0 heterocycles. The molecule has 2 aromatic carbocycles. The van der Waals surface area contributed by atoms with Gasteiger partial charge in [0.25, 0.3) is 5.91 Å². The first-order chi connectivity index (χ1) is 11.4. The van der Waals surface area contributed by atoms with Gasteiger partial charge in [0, 0.05) is 10.7 Å². The molecule has 0 spiro atoms. The van der Waals surface area contributed by atoms with E-state index in [2.05, 4.69) is 19.2 Å². The maximum Gasteiger partial charge on any atom is 0.338 e. The molecule has 0 aliphatic carbocycles. The Hall–Kier alpha value is -2.33. The molecule has 0 saturated carbocycles. The minimum atomic E-state index is -0.582. The van der Waals surface area contributed by atoms with Crippen LogP contribution in [0.4, 0.5) is 5.69 Å². The maximum absolute atomic E-state index is 12.1. The smallest absolute Gasteiger partial charge is 0.338 e. The minimum absolute atomic E-state index is 0.272. The first kappa shape index (κ1) is 18.0. The molecule has 0 aliphatic heterocycles. The number of hydrogen-bond donors (Lipinski definition) is 1. The Morgan fingerprint density at radius 3 is 2.54 bits per heavy atom. The Morgan fingerprint density at radius 1 is 1.17 bits per heavy atom. The molecule has 0 saturated heterocycles. The molecular formula is C19H20ClNO3. The van der Waals surface area contributed by atoms with Crippen LogP contribution in [0.3, 0.4) is 0 Å². The summed E-state index contributed by atoms with van der Waals surface area (Å²) < 4.78 is 5.05. The van der Waals surface area contributed by atoms with Crippen LogP contribution in [0.25, 0.3) is 0 Å². The number of halogens is 1. The highest BCUT2D eigenvalue weighted by atomic mass is 35.5. The van der Waals surface area contributed by atoms with Gasteiger partial charge in [0.15, 0.2) is 6.61 Å². The van der Waals surface area contributed by atoms with E-state index in [1.807, 2.05) is 25.1 Å². The second-order valence-electron chi connectivity index (χ2n) is 5.83. The fourth-order valence-electron chi connectivity index (χ4n) is 2.35. The van der Waals surface area contributed by atoms with Gasteiger partial charge in [-0.3, -0.25) is 4.79 Å². The van der Waals surface area contributed by atoms with Crippen LogP contribution in [0.5, 0.6) is 0 Å². The normalized spacial score (nSPS) is 10.5. The first-order valence-electron chi connectivity index (χ1n) is 7.70. The lowest BCUT2D eigenvalue weighted by Crippen LogP contribution is -2.22. The molecule has 0 aliphatic rings. The van der Waals surface area contributed by atoms with Gasteiger partial charge in [-0.2, -0.15) is 0 Å². The van der Waals surface area contributed by atoms with Crippen molar-refractivity contribution in [2.24, 2.45) is 0 Å². The number of carbonyl (C=O) groups is 2. The van der Waals surface area contributed by atoms with Gasteiger partial charge in [-0.25, -0.2) is 4.79 Å². The van der Waals surface area contributed by atoms with Gasteiger partial charge in [-0.1, -0.05) is 49.7 Å². The monoisotopic (exact) mass is 345 g/mol. The predicted octanol–water partition coefficient (Wildman–Crippen LogP) is 4.57. The summed E-state index contributed by atoms with van der Waals surface area (Å²) in [4.78, 5) is 24.1. The van der Waals surface area contributed by atoms with E-state index in [0.29, 0.717) is 10.6 Å². The van der Waals surface area contributed by atoms with Gasteiger partial charge in [-0.15, -0.1) is 0 Å². The van der Waals surface area contributed by atoms with Gasteiger partial charge in [0.05, 0.1) is 5.56 Å². The van der Waals surface area contributed by atoms with E-state index in [0.717, 1.165) is 16.8 Å². The summed E-state index contributed by atoms with van der Waals surface area (Å²) in [5.41, 5.74) is 3.10. The van der Waals surface area contributed by atoms with E-state index in [1.54, 1.807) is 18.2 Å². The number of aryl methyl sites for hydroxylation is 1. The molecule has 0 bridgehead atoms. The molecule has 1 amide bonds. The largest absolute Gasteiger partial charge is 0.452 e. The summed E-state index contributed by atoms with van der Waals surface area (Å²) in [6, 6.07) is 12.3. The molecule has 0 aromatic heterocycles. The van der Waals surface area contributed by atoms with Crippen molar-refractivity contribution in [3.8, 4) is 0 Å². The number of benzene rings is 2. The fourth-order valence-corrected chi connectivity index (χ4v) is 2.54. The zero-order chi connectivity index (χ0) is 17.7. The Kier molecular flexibility index (Phi) is 5.99. The van der Waals surface area contributed by atoms with E-state index in [4.69, 9.17) is 16.3 Å². The van der Waals surface area contributed by atoms with E-state index in [1.165, 1.54) is 6.07 Å². The lowest BCUT2D eigenvalue weighted by atomic mass is 9.98. The molecule has 5 heteroatoms. The van der Waals surface area contributed by atoms with Gasteiger partial charge in [0.2, 0.25) is 0 Å². The van der Waals surface area contributed by atoms with Crippen molar-refractivity contribution >= 4 is 29.2 Å². The molecule has 24 heavy (non-hydrogen) atoms. The molecule has 126 valence electrons. The second-order valence-corrected chi connectivity index (χ2v) is 6.26. The fraction of sp³-hybridized carbons (Fsp3) is 0.263. The van der Waals surface area contributed by atoms with Crippen LogP contribution in [-0.4, -0.2) is 18.5 Å². The molecule has 1 N–H and O–H groups in total. The summed E-state index contributed by atoms with van der Waals surface area (Å²) in [5, 5.41) is 3.28. The van der Waals surface area contributed by atoms with Gasteiger partial charge >= 0.3 is 5.97 Å². The van der Waals surface area contributed by atoms with Crippen LogP contribution in [0.1, 0.15) is 41.3 Å². The van der Waals surface area contributed by atoms with Gasteiger partial charge < -0.3 is 10.1 Å². The number of esters is 1. The van der Waals surface area contributed by atoms with Crippen LogP contribution in [0, 0.1) is 6.92 Å². The summed E-state index contributed by atoms with van der Waals surface area (Å²) in [7, 11) is 0. The average molecular weight is 346 g/mol. The van der Waals surface area contributed by atoms with Gasteiger partial charge in [-0.05, 0) is 42.2 Å². The third-order valence-electron chi connectivity index (χ3n) is 3.59. The lowest BCUT2D eigenvalue weighted by Gasteiger charge is -2.16. The Bertz CT molecular complexity index is 756. The standard InChI is InChI=1S/C19H20ClNO3/c1-12(2)16-9-4-6-13(3)18(16)21-17(22)11-24-19(23)14-7-5-8-15(20)10-14/h4-10,12H,11H2,1-3H3,(H,21,22). The summed E-state index contributed by atoms with van der Waals surface area (Å²) in [5.74, 6) is -0.683. The van der Waals surface area contributed by atoms with Gasteiger partial charge in [0.1, 0.15) is 0 Å². The van der Waals surface area contributed by atoms with E-state index in [9.17, 15) is 9.59 Å². The molecule has 4 nitrogen and oxygen atoms in total. The SMILES string of the molecule is Cc1cccc(C(C)C)c1NC(=O)COC(=O)c1cccc(Cl)c1. The number of anilines is 1. The van der Waals surface area contributed by atoms with Crippen molar-refractivity contribution in [2.75, 3.05) is 11.9 Å². The van der Waals surface area contributed by atoms with Crippen LogP contribution in [0.2, 0.25) is 5.02 Å². The van der Waals surface area contributed by atoms with Crippen LogP contribution in [-0.2, 0) is 9.53 Å². The first-order valence-corrected chi connectivity index (χ1v) is 8.08. The van der Waals surface area contributed by atoms with Crippen molar-refractivity contribution in [3.05, 3.63) is 64.2 Å². The molecule has 0 fully saturated rings. The maximum atomic E-state index is 12.1. The summed E-state index contributed by atoms with van der Waals surface area (Å²) >= 11 is 5.84. The molecule has 0 radical (unpaired) electrons. The van der Waals surface area contributed by atoms with Crippen molar-refractivity contribution in [3.63, 3.8) is 0 Å². The van der Waals surface area contributed by atoms with Crippen molar-refractivity contribution < 1.29 is 14.3 Å². The minimum Gasteiger partial charge on any atom is -0.452 e. The van der Waals surface area contributed by atoms with Crippen LogP contribution in [0.15, 0.2) is 42.5 Å². The number of carbonyl (C=O) groups excluding carboxylic acids is 2. The highest BCUT2D eigenvalue weighted by Crippen LogP contribution is 2.27. The van der Waals surface area contributed by atoms with E-state index in [-0.39, 0.29) is 18.4 Å². The topological polar surface area (TPSA) is 55.4 Å². The Labute approximate surface area is 146 Å². The Morgan fingerprint density at radius 2 is 1.88 bits per heavy atom. The highest BCUT2D eigenvalue weighted by Gasteiger charge is 2.14. The molecular weight excluding hydrogens is 326 g/mol. The Balaban J connectivity index is 2.01. The highest BCUT2D eigenvalue weighted by molar-refractivity contribution is 6.30. The summed E-state index contributed by atoms with van der Waals surface area (Å²) in [6.07, 6.45) is 0. The number of para-hydroxylation sites is 1. The van der Waals surface area contributed by atoms with Crippen LogP contribution >= 0.6 is 11.6 Å². The third kappa shape index (κ3) is 4.59. The molecule has 2 rings (SSSR count). The van der Waals surface area contributed by atoms with Crippen molar-refractivity contribution in [1.29, 1.82) is 0 Å². The van der Waals surface area contributed by atoms with E-state index < -0.39 is 5.97 Å². The van der Waals surface area contributed by atoms with Crippen molar-refractivity contribution in [1.82, 2.24) is 0 Å². The summed E-state index contributed by atoms with van der Waals surface area (Å²) in [6.45, 7) is 5.70. The lowest BCUT2D eigenvalue weighted by molar-refractivity contribution is -0.119. The predicted molar refractivity (Wildman–Crippen MR) is 95.6 cm³/mol. The number of ether oxygens (including phenoxy) is 1. The molecule has 0 atom stereocenters. The third-order valence-corrected chi connectivity index (χ3v) is 3.82. The van der Waals surface area contributed by atoms with Crippen molar-refractivity contribution in [2.45, 2.75) is 26.7 Å². The molecule has 2 aromatic rings. The zero-order valence-electron chi connectivity index (χ0n) is 13.9. The second kappa shape index (κ2) is 7.97. The molecule has 0 unspecified atom stereocenters. The zero-order valence-corrected chi connectivity index (χ0v) is 14.7. The van der Waals surface area contributed by atoms with E-state index >= 15 is 0 Å². The number of nitrogens with one attached hydrogen (secondary N) is 1. The quantitative estimate of drug-likeness (QED) is 0.808. The number of rotatable bonds is 5. The number of hydrogen-bond acceptors (Lipinski definition) is 3. The van der Waals surface area contributed by atoms with Crippen LogP contribution < -0.4 is 5.32 Å². The average Bonchev–Trinajstić information content (AvgIpc) is 2.54.